The fraction of sp³-hybridized carbons (Fsp3) is 0.538. The molecular formula is C13H18F2N2O. The van der Waals surface area contributed by atoms with Gasteiger partial charge >= 0.3 is 0 Å². The molecule has 3 nitrogen and oxygen atoms in total. The molecule has 1 heterocycles. The minimum atomic E-state index is -0.816. The molecule has 0 aliphatic carbocycles. The first-order valence-corrected chi connectivity index (χ1v) is 6.25. The highest BCUT2D eigenvalue weighted by Gasteiger charge is 2.18. The van der Waals surface area contributed by atoms with Gasteiger partial charge in [-0.15, -0.1) is 0 Å². The summed E-state index contributed by atoms with van der Waals surface area (Å²) in [5.41, 5.74) is 0.318. The van der Waals surface area contributed by atoms with E-state index in [0.717, 1.165) is 32.2 Å². The van der Waals surface area contributed by atoms with Crippen molar-refractivity contribution < 1.29 is 13.5 Å². The number of ether oxygens (including phenoxy) is 1. The molecule has 18 heavy (non-hydrogen) atoms. The van der Waals surface area contributed by atoms with E-state index < -0.39 is 11.6 Å². The summed E-state index contributed by atoms with van der Waals surface area (Å²) in [5.74, 6) is -1.17. The predicted octanol–water partition coefficient (Wildman–Crippen LogP) is 1.77. The van der Waals surface area contributed by atoms with Crippen molar-refractivity contribution in [1.29, 1.82) is 0 Å². The van der Waals surface area contributed by atoms with Gasteiger partial charge < -0.3 is 10.1 Å². The standard InChI is InChI=1S/C13H18F2N2O/c1-2-18-12-4-3-11(14)13(15)10(12)9-17-7-5-16-6-8-17/h3-4,16H,2,5-9H2,1H3. The molecule has 0 saturated carbocycles. The fourth-order valence-electron chi connectivity index (χ4n) is 2.11. The van der Waals surface area contributed by atoms with Crippen LogP contribution in [0.5, 0.6) is 5.75 Å². The lowest BCUT2D eigenvalue weighted by Gasteiger charge is -2.28. The van der Waals surface area contributed by atoms with Gasteiger partial charge in [0.05, 0.1) is 6.61 Å². The zero-order valence-electron chi connectivity index (χ0n) is 10.5. The average Bonchev–Trinajstić information content (AvgIpc) is 2.40. The summed E-state index contributed by atoms with van der Waals surface area (Å²) in [7, 11) is 0. The highest BCUT2D eigenvalue weighted by Crippen LogP contribution is 2.25. The first kappa shape index (κ1) is 13.2. The molecule has 5 heteroatoms. The van der Waals surface area contributed by atoms with Crippen molar-refractivity contribution in [1.82, 2.24) is 10.2 Å². The second-order valence-corrected chi connectivity index (χ2v) is 4.30. The van der Waals surface area contributed by atoms with Crippen LogP contribution in [0, 0.1) is 11.6 Å². The van der Waals surface area contributed by atoms with Crippen molar-refractivity contribution in [3.8, 4) is 5.75 Å². The van der Waals surface area contributed by atoms with Crippen LogP contribution in [0.4, 0.5) is 8.78 Å². The molecule has 0 aromatic heterocycles. The van der Waals surface area contributed by atoms with Crippen LogP contribution in [0.2, 0.25) is 0 Å². The Morgan fingerprint density at radius 2 is 2.00 bits per heavy atom. The van der Waals surface area contributed by atoms with Gasteiger partial charge in [0.1, 0.15) is 5.75 Å². The second-order valence-electron chi connectivity index (χ2n) is 4.30. The summed E-state index contributed by atoms with van der Waals surface area (Å²) >= 11 is 0. The zero-order chi connectivity index (χ0) is 13.0. The molecule has 1 fully saturated rings. The van der Waals surface area contributed by atoms with Gasteiger partial charge in [0.25, 0.3) is 0 Å². The van der Waals surface area contributed by atoms with Crippen LogP contribution in [0.3, 0.4) is 0 Å². The van der Waals surface area contributed by atoms with Crippen LogP contribution < -0.4 is 10.1 Å². The number of halogens is 2. The summed E-state index contributed by atoms with van der Waals surface area (Å²) in [5, 5.41) is 3.23. The minimum absolute atomic E-state index is 0.318. The molecule has 0 amide bonds. The van der Waals surface area contributed by atoms with Crippen molar-refractivity contribution in [2.45, 2.75) is 13.5 Å². The largest absolute Gasteiger partial charge is 0.493 e. The maximum Gasteiger partial charge on any atom is 0.167 e. The van der Waals surface area contributed by atoms with E-state index in [1.807, 2.05) is 6.92 Å². The highest BCUT2D eigenvalue weighted by atomic mass is 19.2. The molecule has 1 aliphatic heterocycles. The van der Waals surface area contributed by atoms with E-state index in [1.165, 1.54) is 6.07 Å². The predicted molar refractivity (Wildman–Crippen MR) is 65.7 cm³/mol. The summed E-state index contributed by atoms with van der Waals surface area (Å²) in [6.07, 6.45) is 0. The number of rotatable bonds is 4. The molecule has 1 aliphatic rings. The van der Waals surface area contributed by atoms with Crippen LogP contribution >= 0.6 is 0 Å². The van der Waals surface area contributed by atoms with Crippen LogP contribution in [-0.2, 0) is 6.54 Å². The molecule has 2 rings (SSSR count). The number of hydrogen-bond acceptors (Lipinski definition) is 3. The number of piperazine rings is 1. The molecule has 0 atom stereocenters. The van der Waals surface area contributed by atoms with Gasteiger partial charge in [0.15, 0.2) is 11.6 Å². The number of benzene rings is 1. The van der Waals surface area contributed by atoms with Gasteiger partial charge in [-0.1, -0.05) is 0 Å². The topological polar surface area (TPSA) is 24.5 Å². The molecule has 1 saturated heterocycles. The van der Waals surface area contributed by atoms with Crippen LogP contribution in [-0.4, -0.2) is 37.7 Å². The molecule has 0 spiro atoms. The van der Waals surface area contributed by atoms with Crippen molar-refractivity contribution in [2.75, 3.05) is 32.8 Å². The maximum absolute atomic E-state index is 13.8. The molecule has 1 aromatic rings. The summed E-state index contributed by atoms with van der Waals surface area (Å²) < 4.78 is 32.5. The molecular weight excluding hydrogens is 238 g/mol. The average molecular weight is 256 g/mol. The van der Waals surface area contributed by atoms with Gasteiger partial charge in [0, 0.05) is 38.3 Å². The van der Waals surface area contributed by atoms with Gasteiger partial charge in [-0.2, -0.15) is 0 Å². The third-order valence-electron chi connectivity index (χ3n) is 3.04. The first-order valence-electron chi connectivity index (χ1n) is 6.25. The SMILES string of the molecule is CCOc1ccc(F)c(F)c1CN1CCNCC1. The number of nitrogens with zero attached hydrogens (tertiary/aromatic N) is 1. The summed E-state index contributed by atoms with van der Waals surface area (Å²) in [6, 6.07) is 2.61. The van der Waals surface area contributed by atoms with Crippen molar-refractivity contribution in [3.63, 3.8) is 0 Å². The van der Waals surface area contributed by atoms with E-state index in [2.05, 4.69) is 10.2 Å². The van der Waals surface area contributed by atoms with Crippen LogP contribution in [0.1, 0.15) is 12.5 Å². The van der Waals surface area contributed by atoms with Crippen molar-refractivity contribution in [3.05, 3.63) is 29.3 Å². The van der Waals surface area contributed by atoms with Gasteiger partial charge in [-0.3, -0.25) is 4.90 Å². The smallest absolute Gasteiger partial charge is 0.167 e. The van der Waals surface area contributed by atoms with Crippen molar-refractivity contribution >= 4 is 0 Å². The minimum Gasteiger partial charge on any atom is -0.493 e. The summed E-state index contributed by atoms with van der Waals surface area (Å²) in [6.45, 7) is 6.08. The van der Waals surface area contributed by atoms with Crippen molar-refractivity contribution in [2.24, 2.45) is 0 Å². The third-order valence-corrected chi connectivity index (χ3v) is 3.04. The van der Waals surface area contributed by atoms with Gasteiger partial charge in [0.2, 0.25) is 0 Å². The Morgan fingerprint density at radius 1 is 1.28 bits per heavy atom. The lowest BCUT2D eigenvalue weighted by atomic mass is 10.1. The Morgan fingerprint density at radius 3 is 2.67 bits per heavy atom. The Labute approximate surface area is 106 Å². The second kappa shape index (κ2) is 6.11. The van der Waals surface area contributed by atoms with E-state index in [4.69, 9.17) is 4.74 Å². The lowest BCUT2D eigenvalue weighted by molar-refractivity contribution is 0.223. The Bertz CT molecular complexity index is 406. The lowest BCUT2D eigenvalue weighted by Crippen LogP contribution is -2.43. The first-order chi connectivity index (χ1) is 8.72. The molecule has 0 bridgehead atoms. The zero-order valence-corrected chi connectivity index (χ0v) is 10.5. The van der Waals surface area contributed by atoms with E-state index in [0.29, 0.717) is 24.5 Å². The van der Waals surface area contributed by atoms with E-state index in [-0.39, 0.29) is 0 Å². The maximum atomic E-state index is 13.8. The van der Waals surface area contributed by atoms with E-state index in [1.54, 1.807) is 0 Å². The summed E-state index contributed by atoms with van der Waals surface area (Å²) in [4.78, 5) is 2.09. The normalized spacial score (nSPS) is 16.8. The van der Waals surface area contributed by atoms with Gasteiger partial charge in [-0.05, 0) is 19.1 Å². The Kier molecular flexibility index (Phi) is 4.49. The Hall–Kier alpha value is -1.20. The molecule has 0 unspecified atom stereocenters. The van der Waals surface area contributed by atoms with E-state index >= 15 is 0 Å². The van der Waals surface area contributed by atoms with Crippen LogP contribution in [0.25, 0.3) is 0 Å². The molecule has 100 valence electrons. The molecule has 1 N–H and O–H groups in total. The Balaban J connectivity index is 2.20. The monoisotopic (exact) mass is 256 g/mol. The highest BCUT2D eigenvalue weighted by molar-refractivity contribution is 5.35. The fourth-order valence-corrected chi connectivity index (χ4v) is 2.11. The molecule has 1 aromatic carbocycles. The van der Waals surface area contributed by atoms with Crippen LogP contribution in [0.15, 0.2) is 12.1 Å². The van der Waals surface area contributed by atoms with E-state index in [9.17, 15) is 8.78 Å². The third kappa shape index (κ3) is 2.97. The number of hydrogen-bond donors (Lipinski definition) is 1. The number of nitrogens with one attached hydrogen (secondary N) is 1. The van der Waals surface area contributed by atoms with Gasteiger partial charge in [-0.25, -0.2) is 8.78 Å². The molecule has 0 radical (unpaired) electrons. The quantitative estimate of drug-likeness (QED) is 0.888.